The van der Waals surface area contributed by atoms with Gasteiger partial charge in [-0.2, -0.15) is 0 Å². The second kappa shape index (κ2) is 8.42. The fraction of sp³-hybridized carbons (Fsp3) is 0.400. The molecule has 1 saturated heterocycles. The van der Waals surface area contributed by atoms with Crippen molar-refractivity contribution in [1.29, 1.82) is 0 Å². The van der Waals surface area contributed by atoms with E-state index in [0.29, 0.717) is 11.7 Å². The molecule has 1 aromatic carbocycles. The van der Waals surface area contributed by atoms with Crippen LogP contribution in [0.15, 0.2) is 29.8 Å². The Morgan fingerprint density at radius 2 is 1.74 bits per heavy atom. The predicted molar refractivity (Wildman–Crippen MR) is 128 cm³/mol. The van der Waals surface area contributed by atoms with Crippen molar-refractivity contribution >= 4 is 40.9 Å². The first-order valence-electron chi connectivity index (χ1n) is 10.9. The van der Waals surface area contributed by atoms with E-state index >= 15 is 0 Å². The lowest BCUT2D eigenvalue weighted by atomic mass is 9.95. The maximum atomic E-state index is 13.4. The van der Waals surface area contributed by atoms with Gasteiger partial charge in [-0.25, -0.2) is 0 Å². The van der Waals surface area contributed by atoms with Gasteiger partial charge in [0, 0.05) is 17.4 Å². The van der Waals surface area contributed by atoms with Crippen LogP contribution in [0.1, 0.15) is 66.2 Å². The van der Waals surface area contributed by atoms with Gasteiger partial charge in [-0.05, 0) is 82.1 Å². The fourth-order valence-electron chi connectivity index (χ4n) is 4.94. The van der Waals surface area contributed by atoms with Gasteiger partial charge in [-0.15, -0.1) is 0 Å². The summed E-state index contributed by atoms with van der Waals surface area (Å²) in [7, 11) is 0. The van der Waals surface area contributed by atoms with Gasteiger partial charge < -0.3 is 4.57 Å². The molecule has 6 heteroatoms. The monoisotopic (exact) mass is 435 g/mol. The maximum Gasteiger partial charge on any atom is 0.270 e. The first kappa shape index (κ1) is 21.5. The molecule has 4 rings (SSSR count). The van der Waals surface area contributed by atoms with Gasteiger partial charge >= 0.3 is 0 Å². The summed E-state index contributed by atoms with van der Waals surface area (Å²) in [5, 5.41) is 2.81. The fourth-order valence-corrected chi connectivity index (χ4v) is 5.21. The molecule has 2 heterocycles. The molecule has 0 spiro atoms. The van der Waals surface area contributed by atoms with Crippen LogP contribution in [0.4, 0.5) is 5.69 Å². The van der Waals surface area contributed by atoms with E-state index in [9.17, 15) is 9.59 Å². The molecule has 1 aliphatic heterocycles. The zero-order valence-corrected chi connectivity index (χ0v) is 19.4. The summed E-state index contributed by atoms with van der Waals surface area (Å²) < 4.78 is 2.38. The van der Waals surface area contributed by atoms with Crippen LogP contribution >= 0.6 is 12.2 Å². The minimum atomic E-state index is -0.446. The smallest absolute Gasteiger partial charge is 0.270 e. The molecule has 1 saturated carbocycles. The lowest BCUT2D eigenvalue weighted by molar-refractivity contribution is -0.122. The molecule has 162 valence electrons. The minimum Gasteiger partial charge on any atom is -0.346 e. The molecule has 2 amide bonds. The largest absolute Gasteiger partial charge is 0.346 e. The molecular weight excluding hydrogens is 406 g/mol. The van der Waals surface area contributed by atoms with Crippen molar-refractivity contribution in [2.45, 2.75) is 65.8 Å². The number of rotatable bonds is 3. The zero-order chi connectivity index (χ0) is 22.3. The number of anilines is 1. The molecule has 0 bridgehead atoms. The van der Waals surface area contributed by atoms with E-state index in [2.05, 4.69) is 29.8 Å². The highest BCUT2D eigenvalue weighted by molar-refractivity contribution is 7.80. The van der Waals surface area contributed by atoms with Crippen LogP contribution in [-0.4, -0.2) is 21.5 Å². The predicted octanol–water partition coefficient (Wildman–Crippen LogP) is 5.06. The van der Waals surface area contributed by atoms with E-state index in [1.807, 2.05) is 32.0 Å². The molecule has 5 nitrogen and oxygen atoms in total. The number of benzene rings is 1. The van der Waals surface area contributed by atoms with Crippen molar-refractivity contribution in [3.63, 3.8) is 0 Å². The minimum absolute atomic E-state index is 0.109. The molecule has 1 N–H and O–H groups in total. The molecule has 1 aliphatic carbocycles. The highest BCUT2D eigenvalue weighted by Gasteiger charge is 2.35. The van der Waals surface area contributed by atoms with Crippen LogP contribution in [0.5, 0.6) is 0 Å². The van der Waals surface area contributed by atoms with Gasteiger partial charge in [-0.3, -0.25) is 19.8 Å². The average Bonchev–Trinajstić information content (AvgIpc) is 3.00. The van der Waals surface area contributed by atoms with Crippen molar-refractivity contribution in [3.8, 4) is 0 Å². The highest BCUT2D eigenvalue weighted by atomic mass is 32.1. The van der Waals surface area contributed by atoms with Crippen LogP contribution < -0.4 is 10.2 Å². The lowest BCUT2D eigenvalue weighted by Gasteiger charge is -2.30. The van der Waals surface area contributed by atoms with Crippen molar-refractivity contribution in [3.05, 3.63) is 57.9 Å². The SMILES string of the molecule is Cc1ccc(N2C(=O)/C(=C/c3cc(C)n(C4CCCCC4)c3C)C(=O)NC2=S)c(C)c1. The number of amides is 2. The van der Waals surface area contributed by atoms with E-state index in [4.69, 9.17) is 12.2 Å². The number of hydrogen-bond acceptors (Lipinski definition) is 3. The molecule has 2 aromatic rings. The molecular formula is C25H29N3O2S. The molecule has 1 aromatic heterocycles. The number of aromatic nitrogens is 1. The topological polar surface area (TPSA) is 54.3 Å². The normalized spacial score (nSPS) is 19.3. The summed E-state index contributed by atoms with van der Waals surface area (Å²) in [6.45, 7) is 8.12. The number of aryl methyl sites for hydroxylation is 3. The molecule has 2 fully saturated rings. The quantitative estimate of drug-likeness (QED) is 0.417. The number of nitrogens with zero attached hydrogens (tertiary/aromatic N) is 2. The van der Waals surface area contributed by atoms with Crippen molar-refractivity contribution in [2.75, 3.05) is 4.90 Å². The van der Waals surface area contributed by atoms with Crippen LogP contribution in [0.3, 0.4) is 0 Å². The molecule has 0 radical (unpaired) electrons. The number of carbonyl (C=O) groups excluding carboxylic acids is 2. The third-order valence-electron chi connectivity index (χ3n) is 6.46. The summed E-state index contributed by atoms with van der Waals surface area (Å²) in [5.41, 5.74) is 6.02. The Labute approximate surface area is 189 Å². The van der Waals surface area contributed by atoms with E-state index in [-0.39, 0.29) is 16.6 Å². The van der Waals surface area contributed by atoms with Gasteiger partial charge in [0.15, 0.2) is 5.11 Å². The third-order valence-corrected chi connectivity index (χ3v) is 6.74. The van der Waals surface area contributed by atoms with Gasteiger partial charge in [0.25, 0.3) is 11.8 Å². The second-order valence-electron chi connectivity index (χ2n) is 8.74. The van der Waals surface area contributed by atoms with Crippen LogP contribution in [0.2, 0.25) is 0 Å². The van der Waals surface area contributed by atoms with E-state index in [1.54, 1.807) is 6.08 Å². The van der Waals surface area contributed by atoms with Gasteiger partial charge in [0.1, 0.15) is 5.57 Å². The van der Waals surface area contributed by atoms with Crippen molar-refractivity contribution in [2.24, 2.45) is 0 Å². The Bertz CT molecular complexity index is 1110. The Balaban J connectivity index is 1.72. The molecule has 31 heavy (non-hydrogen) atoms. The van der Waals surface area contributed by atoms with E-state index < -0.39 is 5.91 Å². The lowest BCUT2D eigenvalue weighted by Crippen LogP contribution is -2.54. The van der Waals surface area contributed by atoms with E-state index in [0.717, 1.165) is 22.4 Å². The summed E-state index contributed by atoms with van der Waals surface area (Å²) in [4.78, 5) is 27.5. The number of carbonyl (C=O) groups is 2. The van der Waals surface area contributed by atoms with Crippen molar-refractivity contribution in [1.82, 2.24) is 9.88 Å². The van der Waals surface area contributed by atoms with Crippen molar-refractivity contribution < 1.29 is 9.59 Å². The summed E-state index contributed by atoms with van der Waals surface area (Å²) in [5.74, 6) is -0.832. The van der Waals surface area contributed by atoms with Crippen LogP contribution in [0.25, 0.3) is 6.08 Å². The Morgan fingerprint density at radius 1 is 1.03 bits per heavy atom. The Hall–Kier alpha value is -2.73. The molecule has 0 unspecified atom stereocenters. The zero-order valence-electron chi connectivity index (χ0n) is 18.6. The van der Waals surface area contributed by atoms with Gasteiger partial charge in [0.05, 0.1) is 5.69 Å². The van der Waals surface area contributed by atoms with Crippen LogP contribution in [0, 0.1) is 27.7 Å². The van der Waals surface area contributed by atoms with Gasteiger partial charge in [-0.1, -0.05) is 37.0 Å². The third kappa shape index (κ3) is 3.97. The Kier molecular flexibility index (Phi) is 5.84. The number of hydrogen-bond donors (Lipinski definition) is 1. The van der Waals surface area contributed by atoms with Gasteiger partial charge in [0.2, 0.25) is 0 Å². The number of thiocarbonyl (C=S) groups is 1. The average molecular weight is 436 g/mol. The second-order valence-corrected chi connectivity index (χ2v) is 9.12. The summed E-state index contributed by atoms with van der Waals surface area (Å²) in [6, 6.07) is 8.39. The maximum absolute atomic E-state index is 13.4. The van der Waals surface area contributed by atoms with E-state index in [1.165, 1.54) is 42.7 Å². The molecule has 2 aliphatic rings. The number of nitrogens with one attached hydrogen (secondary N) is 1. The molecule has 0 atom stereocenters. The highest BCUT2D eigenvalue weighted by Crippen LogP contribution is 2.33. The summed E-state index contributed by atoms with van der Waals surface area (Å²) >= 11 is 5.35. The standard InChI is InChI=1S/C25H29N3O2S/c1-15-10-11-22(16(2)12-15)28-24(30)21(23(29)26-25(28)31)14-19-13-17(3)27(18(19)4)20-8-6-5-7-9-20/h10-14,20H,5-9H2,1-4H3,(H,26,29,31)/b21-14+. The summed E-state index contributed by atoms with van der Waals surface area (Å²) in [6.07, 6.45) is 7.89. The first-order valence-corrected chi connectivity index (χ1v) is 11.4. The Morgan fingerprint density at radius 3 is 2.42 bits per heavy atom. The first-order chi connectivity index (χ1) is 14.8. The van der Waals surface area contributed by atoms with Crippen LogP contribution in [-0.2, 0) is 9.59 Å².